The number of nitrogens with zero attached hydrogens (tertiary/aromatic N) is 3. The van der Waals surface area contributed by atoms with Crippen molar-refractivity contribution in [2.45, 2.75) is 6.42 Å². The highest BCUT2D eigenvalue weighted by molar-refractivity contribution is 9.10. The average Bonchev–Trinajstić information content (AvgIpc) is 2.88. The molecule has 0 spiro atoms. The van der Waals surface area contributed by atoms with E-state index in [1.165, 1.54) is 0 Å². The molecule has 2 aromatic carbocycles. The molecule has 0 saturated carbocycles. The monoisotopic (exact) mass is 335 g/mol. The molecular weight excluding hydrogens is 326 g/mol. The van der Waals surface area contributed by atoms with Crippen LogP contribution >= 0.6 is 27.5 Å². The molecule has 96 valence electrons. The SMILES string of the molecule is ClCCc1cn(-c2ccc(Br)c3ccccc23)nn1. The van der Waals surface area contributed by atoms with Gasteiger partial charge in [0.05, 0.1) is 17.6 Å². The fourth-order valence-corrected chi connectivity index (χ4v) is 2.75. The molecule has 0 unspecified atom stereocenters. The molecule has 0 amide bonds. The quantitative estimate of drug-likeness (QED) is 0.678. The van der Waals surface area contributed by atoms with E-state index in [-0.39, 0.29) is 0 Å². The number of rotatable bonds is 3. The van der Waals surface area contributed by atoms with E-state index in [9.17, 15) is 0 Å². The maximum absolute atomic E-state index is 5.72. The van der Waals surface area contributed by atoms with Crippen LogP contribution in [0.4, 0.5) is 0 Å². The average molecular weight is 337 g/mol. The molecule has 0 N–H and O–H groups in total. The molecule has 3 nitrogen and oxygen atoms in total. The largest absolute Gasteiger partial charge is 0.220 e. The Bertz CT molecular complexity index is 724. The smallest absolute Gasteiger partial charge is 0.0843 e. The van der Waals surface area contributed by atoms with Crippen LogP contribution in [0.25, 0.3) is 16.5 Å². The van der Waals surface area contributed by atoms with Gasteiger partial charge in [0.15, 0.2) is 0 Å². The Labute approximate surface area is 124 Å². The normalized spacial score (nSPS) is 11.1. The van der Waals surface area contributed by atoms with Crippen molar-refractivity contribution in [1.29, 1.82) is 0 Å². The van der Waals surface area contributed by atoms with E-state index in [0.29, 0.717) is 5.88 Å². The molecular formula is C14H11BrClN3. The summed E-state index contributed by atoms with van der Waals surface area (Å²) in [5.41, 5.74) is 1.93. The summed E-state index contributed by atoms with van der Waals surface area (Å²) in [6.07, 6.45) is 2.66. The summed E-state index contributed by atoms with van der Waals surface area (Å²) in [6.45, 7) is 0. The van der Waals surface area contributed by atoms with Gasteiger partial charge in [0.1, 0.15) is 0 Å². The zero-order valence-electron chi connectivity index (χ0n) is 10.1. The van der Waals surface area contributed by atoms with E-state index in [2.05, 4.69) is 38.4 Å². The topological polar surface area (TPSA) is 30.7 Å². The lowest BCUT2D eigenvalue weighted by Gasteiger charge is -2.07. The number of aryl methyl sites for hydroxylation is 1. The minimum absolute atomic E-state index is 0.555. The molecule has 1 heterocycles. The van der Waals surface area contributed by atoms with Gasteiger partial charge in [-0.25, -0.2) is 4.68 Å². The number of benzene rings is 2. The number of fused-ring (bicyclic) bond motifs is 1. The zero-order valence-corrected chi connectivity index (χ0v) is 12.4. The van der Waals surface area contributed by atoms with E-state index in [1.54, 1.807) is 4.68 Å². The van der Waals surface area contributed by atoms with E-state index in [0.717, 1.165) is 33.0 Å². The van der Waals surface area contributed by atoms with Crippen LogP contribution < -0.4 is 0 Å². The number of aromatic nitrogens is 3. The van der Waals surface area contributed by atoms with Crippen LogP contribution in [0.3, 0.4) is 0 Å². The van der Waals surface area contributed by atoms with Crippen molar-refractivity contribution in [3.8, 4) is 5.69 Å². The van der Waals surface area contributed by atoms with Gasteiger partial charge in [-0.15, -0.1) is 16.7 Å². The Hall–Kier alpha value is -1.39. The third-order valence-electron chi connectivity index (χ3n) is 2.99. The molecule has 1 aromatic heterocycles. The van der Waals surface area contributed by atoms with Crippen molar-refractivity contribution in [3.05, 3.63) is 52.8 Å². The fraction of sp³-hybridized carbons (Fsp3) is 0.143. The van der Waals surface area contributed by atoms with Gasteiger partial charge in [0, 0.05) is 22.2 Å². The van der Waals surface area contributed by atoms with Gasteiger partial charge in [0.25, 0.3) is 0 Å². The van der Waals surface area contributed by atoms with Gasteiger partial charge in [0.2, 0.25) is 0 Å². The standard InChI is InChI=1S/C14H11BrClN3/c15-13-5-6-14(12-4-2-1-3-11(12)13)19-9-10(7-8-16)17-18-19/h1-6,9H,7-8H2. The van der Waals surface area contributed by atoms with E-state index >= 15 is 0 Å². The number of halogens is 2. The Kier molecular flexibility index (Phi) is 3.53. The molecule has 0 radical (unpaired) electrons. The second-order valence-corrected chi connectivity index (χ2v) is 5.44. The summed E-state index contributed by atoms with van der Waals surface area (Å²) < 4.78 is 2.88. The summed E-state index contributed by atoms with van der Waals surface area (Å²) in [4.78, 5) is 0. The summed E-state index contributed by atoms with van der Waals surface area (Å²) >= 11 is 9.29. The Morgan fingerprint density at radius 3 is 2.68 bits per heavy atom. The van der Waals surface area contributed by atoms with E-state index in [4.69, 9.17) is 11.6 Å². The van der Waals surface area contributed by atoms with Crippen molar-refractivity contribution in [1.82, 2.24) is 15.0 Å². The third kappa shape index (κ3) is 2.38. The minimum atomic E-state index is 0.555. The first-order valence-electron chi connectivity index (χ1n) is 5.94. The van der Waals surface area contributed by atoms with Crippen LogP contribution in [0.15, 0.2) is 47.1 Å². The minimum Gasteiger partial charge on any atom is -0.220 e. The molecule has 0 atom stereocenters. The predicted molar refractivity (Wildman–Crippen MR) is 81.0 cm³/mol. The van der Waals surface area contributed by atoms with Crippen LogP contribution in [-0.2, 0) is 6.42 Å². The highest BCUT2D eigenvalue weighted by Crippen LogP contribution is 2.28. The number of hydrogen-bond donors (Lipinski definition) is 0. The lowest BCUT2D eigenvalue weighted by molar-refractivity contribution is 0.802. The Morgan fingerprint density at radius 2 is 1.89 bits per heavy atom. The first kappa shape index (κ1) is 12.6. The predicted octanol–water partition coefficient (Wildman–Crippen LogP) is 3.96. The summed E-state index contributed by atoms with van der Waals surface area (Å²) in [5, 5.41) is 10.6. The maximum Gasteiger partial charge on any atom is 0.0843 e. The second-order valence-electron chi connectivity index (χ2n) is 4.21. The Balaban J connectivity index is 2.16. The first-order valence-corrected chi connectivity index (χ1v) is 7.27. The van der Waals surface area contributed by atoms with Crippen LogP contribution in [0, 0.1) is 0 Å². The molecule has 0 fully saturated rings. The number of alkyl halides is 1. The fourth-order valence-electron chi connectivity index (χ4n) is 2.07. The maximum atomic E-state index is 5.72. The van der Waals surface area contributed by atoms with Gasteiger partial charge in [-0.05, 0) is 17.5 Å². The molecule has 5 heteroatoms. The van der Waals surface area contributed by atoms with Crippen LogP contribution in [0.1, 0.15) is 5.69 Å². The summed E-state index contributed by atoms with van der Waals surface area (Å²) in [6, 6.07) is 12.3. The molecule has 0 aliphatic heterocycles. The molecule has 0 aliphatic rings. The first-order chi connectivity index (χ1) is 9.29. The van der Waals surface area contributed by atoms with Crippen molar-refractivity contribution < 1.29 is 0 Å². The van der Waals surface area contributed by atoms with Crippen molar-refractivity contribution in [2.24, 2.45) is 0 Å². The highest BCUT2D eigenvalue weighted by atomic mass is 79.9. The van der Waals surface area contributed by atoms with Crippen molar-refractivity contribution in [2.75, 3.05) is 5.88 Å². The van der Waals surface area contributed by atoms with Gasteiger partial charge in [-0.1, -0.05) is 45.4 Å². The lowest BCUT2D eigenvalue weighted by atomic mass is 10.1. The van der Waals surface area contributed by atoms with Crippen LogP contribution in [0.2, 0.25) is 0 Å². The molecule has 0 bridgehead atoms. The molecule has 0 saturated heterocycles. The van der Waals surface area contributed by atoms with Crippen LogP contribution in [0.5, 0.6) is 0 Å². The lowest BCUT2D eigenvalue weighted by Crippen LogP contribution is -1.96. The van der Waals surface area contributed by atoms with E-state index in [1.807, 2.05) is 30.5 Å². The molecule has 3 aromatic rings. The van der Waals surface area contributed by atoms with Gasteiger partial charge < -0.3 is 0 Å². The number of hydrogen-bond acceptors (Lipinski definition) is 2. The summed E-state index contributed by atoms with van der Waals surface area (Å²) in [7, 11) is 0. The highest BCUT2D eigenvalue weighted by Gasteiger charge is 2.08. The van der Waals surface area contributed by atoms with Gasteiger partial charge in [-0.2, -0.15) is 0 Å². The second kappa shape index (κ2) is 5.31. The van der Waals surface area contributed by atoms with Crippen molar-refractivity contribution >= 4 is 38.3 Å². The summed E-state index contributed by atoms with van der Waals surface area (Å²) in [5.74, 6) is 0.555. The third-order valence-corrected chi connectivity index (χ3v) is 3.87. The molecule has 3 rings (SSSR count). The Morgan fingerprint density at radius 1 is 1.11 bits per heavy atom. The van der Waals surface area contributed by atoms with Gasteiger partial charge in [-0.3, -0.25) is 0 Å². The van der Waals surface area contributed by atoms with E-state index < -0.39 is 0 Å². The van der Waals surface area contributed by atoms with Crippen molar-refractivity contribution in [3.63, 3.8) is 0 Å². The molecule has 0 aliphatic carbocycles. The van der Waals surface area contributed by atoms with Crippen LogP contribution in [-0.4, -0.2) is 20.9 Å². The molecule has 19 heavy (non-hydrogen) atoms. The zero-order chi connectivity index (χ0) is 13.2. The van der Waals surface area contributed by atoms with Gasteiger partial charge >= 0.3 is 0 Å².